The molecule has 0 saturated heterocycles. The molecule has 0 radical (unpaired) electrons. The Hall–Kier alpha value is -3.46. The fourth-order valence-corrected chi connectivity index (χ4v) is 9.33. The van der Waals surface area contributed by atoms with Crippen LogP contribution in [0.25, 0.3) is 16.7 Å². The SMILES string of the molecule is C=C1C2=C(C)[C@]3(C)C(=O)C(C(C)=O)=C(C)C[C@@H]3C[C@@H]2Cc2c(-c3ccc(CC4CCC(C(=C)CC)CC4)cc3)ccc(O)c21. The van der Waals surface area contributed by atoms with Gasteiger partial charge in [0.05, 0.1) is 11.0 Å². The van der Waals surface area contributed by atoms with Gasteiger partial charge in [-0.05, 0) is 149 Å². The Bertz CT molecular complexity index is 1620. The molecule has 4 aliphatic carbocycles. The number of allylic oxidation sites excluding steroid dienone is 6. The number of phenolic OH excluding ortho intramolecular Hbond substituents is 1. The monoisotopic (exact) mass is 588 g/mol. The first-order valence-electron chi connectivity index (χ1n) is 16.7. The molecular formula is C41H48O3. The third kappa shape index (κ3) is 4.88. The molecule has 2 aromatic rings. The predicted molar refractivity (Wildman–Crippen MR) is 180 cm³/mol. The number of phenols is 1. The molecule has 0 unspecified atom stereocenters. The van der Waals surface area contributed by atoms with Crippen molar-refractivity contribution in [2.24, 2.45) is 29.1 Å². The van der Waals surface area contributed by atoms with Crippen LogP contribution in [0.1, 0.15) is 96.3 Å². The van der Waals surface area contributed by atoms with Gasteiger partial charge >= 0.3 is 0 Å². The molecule has 0 spiro atoms. The number of hydrogen-bond donors (Lipinski definition) is 1. The topological polar surface area (TPSA) is 54.4 Å². The highest BCUT2D eigenvalue weighted by Gasteiger charge is 2.53. The Morgan fingerprint density at radius 1 is 1.02 bits per heavy atom. The first kappa shape index (κ1) is 30.6. The molecule has 0 amide bonds. The second kappa shape index (κ2) is 11.5. The molecule has 3 nitrogen and oxygen atoms in total. The first-order valence-corrected chi connectivity index (χ1v) is 16.7. The summed E-state index contributed by atoms with van der Waals surface area (Å²) in [7, 11) is 0. The van der Waals surface area contributed by atoms with Gasteiger partial charge in [-0.3, -0.25) is 9.59 Å². The average molecular weight is 589 g/mol. The summed E-state index contributed by atoms with van der Waals surface area (Å²) in [6.07, 6.45) is 9.79. The molecule has 1 saturated carbocycles. The summed E-state index contributed by atoms with van der Waals surface area (Å²) in [6.45, 7) is 18.6. The molecule has 0 bridgehead atoms. The lowest BCUT2D eigenvalue weighted by Crippen LogP contribution is -2.47. The maximum Gasteiger partial charge on any atom is 0.176 e. The van der Waals surface area contributed by atoms with Crippen LogP contribution in [0.15, 0.2) is 77.4 Å². The van der Waals surface area contributed by atoms with E-state index < -0.39 is 5.41 Å². The number of carbonyl (C=O) groups is 2. The lowest BCUT2D eigenvalue weighted by molar-refractivity contribution is -0.129. The van der Waals surface area contributed by atoms with Crippen LogP contribution in [0.3, 0.4) is 0 Å². The number of Topliss-reactive ketones (excluding diaryl/α,β-unsaturated/α-hetero) is 2. The smallest absolute Gasteiger partial charge is 0.176 e. The van der Waals surface area contributed by atoms with Crippen molar-refractivity contribution in [1.82, 2.24) is 0 Å². The van der Waals surface area contributed by atoms with Crippen LogP contribution in [0.4, 0.5) is 0 Å². The fourth-order valence-electron chi connectivity index (χ4n) is 9.33. The summed E-state index contributed by atoms with van der Waals surface area (Å²) < 4.78 is 0. The molecule has 3 atom stereocenters. The van der Waals surface area contributed by atoms with Gasteiger partial charge in [-0.15, -0.1) is 0 Å². The van der Waals surface area contributed by atoms with Crippen molar-refractivity contribution in [2.45, 2.75) is 92.4 Å². The van der Waals surface area contributed by atoms with E-state index in [1.807, 2.05) is 13.8 Å². The van der Waals surface area contributed by atoms with Gasteiger partial charge < -0.3 is 5.11 Å². The quantitative estimate of drug-likeness (QED) is 0.270. The van der Waals surface area contributed by atoms with E-state index in [9.17, 15) is 14.7 Å². The molecule has 3 heteroatoms. The van der Waals surface area contributed by atoms with Gasteiger partial charge in [-0.25, -0.2) is 0 Å². The van der Waals surface area contributed by atoms with Gasteiger partial charge in [-0.1, -0.05) is 67.1 Å². The highest BCUT2D eigenvalue weighted by Crippen LogP contribution is 2.59. The zero-order valence-electron chi connectivity index (χ0n) is 27.3. The van der Waals surface area contributed by atoms with Crippen LogP contribution in [-0.4, -0.2) is 16.7 Å². The standard InChI is InChI=1S/C41H48O3/c1-8-23(2)30-13-9-28(10-14-30)20-29-11-15-31(16-12-29)34-17-18-36(43)39-25(4)38-26(5)41(7)33(21-32(38)22-35(34)39)19-24(3)37(27(6)42)40(41)44/h11-12,15-18,28,30,32-33,43H,2,4,8-10,13-14,19-22H2,1,3,5-7H3/t28?,30?,32-,33-,41+/m1/s1. The molecule has 44 heavy (non-hydrogen) atoms. The maximum atomic E-state index is 13.9. The van der Waals surface area contributed by atoms with Crippen molar-refractivity contribution in [3.8, 4) is 16.9 Å². The molecule has 2 aromatic carbocycles. The summed E-state index contributed by atoms with van der Waals surface area (Å²) in [4.78, 5) is 26.4. The van der Waals surface area contributed by atoms with E-state index in [0.29, 0.717) is 11.5 Å². The fraction of sp³-hybridized carbons (Fsp3) is 0.463. The maximum absolute atomic E-state index is 13.9. The Balaban J connectivity index is 1.29. The van der Waals surface area contributed by atoms with E-state index in [-0.39, 0.29) is 29.2 Å². The molecule has 4 aliphatic rings. The predicted octanol–water partition coefficient (Wildman–Crippen LogP) is 9.78. The van der Waals surface area contributed by atoms with Gasteiger partial charge in [-0.2, -0.15) is 0 Å². The van der Waals surface area contributed by atoms with Crippen molar-refractivity contribution < 1.29 is 14.7 Å². The molecule has 0 heterocycles. The van der Waals surface area contributed by atoms with E-state index in [4.69, 9.17) is 0 Å². The van der Waals surface area contributed by atoms with Crippen molar-refractivity contribution >= 4 is 17.1 Å². The van der Waals surface area contributed by atoms with E-state index in [0.717, 1.165) is 77.0 Å². The lowest BCUT2D eigenvalue weighted by atomic mass is 9.52. The number of fused-ring (bicyclic) bond motifs is 3. The van der Waals surface area contributed by atoms with Crippen LogP contribution < -0.4 is 0 Å². The molecule has 230 valence electrons. The molecular weight excluding hydrogens is 540 g/mol. The summed E-state index contributed by atoms with van der Waals surface area (Å²) >= 11 is 0. The number of aromatic hydroxyl groups is 1. The van der Waals surface area contributed by atoms with Gasteiger partial charge in [0, 0.05) is 5.56 Å². The lowest BCUT2D eigenvalue weighted by Gasteiger charge is -2.50. The number of rotatable bonds is 6. The average Bonchev–Trinajstić information content (AvgIpc) is 2.99. The number of carbonyl (C=O) groups excluding carboxylic acids is 2. The zero-order chi connectivity index (χ0) is 31.5. The Kier molecular flexibility index (Phi) is 7.97. The van der Waals surface area contributed by atoms with Gasteiger partial charge in [0.15, 0.2) is 11.6 Å². The second-order valence-corrected chi connectivity index (χ2v) is 14.4. The molecule has 6 rings (SSSR count). The van der Waals surface area contributed by atoms with Crippen LogP contribution in [0, 0.1) is 29.1 Å². The van der Waals surface area contributed by atoms with Crippen LogP contribution >= 0.6 is 0 Å². The minimum absolute atomic E-state index is 0.0432. The molecule has 0 aromatic heterocycles. The zero-order valence-corrected chi connectivity index (χ0v) is 27.3. The first-order chi connectivity index (χ1) is 20.9. The summed E-state index contributed by atoms with van der Waals surface area (Å²) in [5.74, 6) is 1.89. The Morgan fingerprint density at radius 3 is 2.34 bits per heavy atom. The molecule has 1 N–H and O–H groups in total. The summed E-state index contributed by atoms with van der Waals surface area (Å²) in [6, 6.07) is 12.9. The molecule has 1 fully saturated rings. The highest BCUT2D eigenvalue weighted by molar-refractivity contribution is 6.23. The van der Waals surface area contributed by atoms with Crippen molar-refractivity contribution in [1.29, 1.82) is 0 Å². The molecule has 0 aliphatic heterocycles. The van der Waals surface area contributed by atoms with E-state index in [1.165, 1.54) is 49.3 Å². The van der Waals surface area contributed by atoms with E-state index in [2.05, 4.69) is 57.3 Å². The van der Waals surface area contributed by atoms with Crippen molar-refractivity contribution in [3.05, 3.63) is 94.1 Å². The van der Waals surface area contributed by atoms with Crippen molar-refractivity contribution in [3.63, 3.8) is 0 Å². The number of ketones is 2. The van der Waals surface area contributed by atoms with Gasteiger partial charge in [0.25, 0.3) is 0 Å². The minimum Gasteiger partial charge on any atom is -0.507 e. The van der Waals surface area contributed by atoms with Gasteiger partial charge in [0.2, 0.25) is 0 Å². The minimum atomic E-state index is -0.723. The number of hydrogen-bond acceptors (Lipinski definition) is 3. The van der Waals surface area contributed by atoms with Crippen LogP contribution in [0.5, 0.6) is 5.75 Å². The summed E-state index contributed by atoms with van der Waals surface area (Å²) in [5.41, 5.74) is 10.6. The Morgan fingerprint density at radius 2 is 1.70 bits per heavy atom. The number of benzene rings is 2. The normalized spacial score (nSPS) is 28.4. The Labute approximate surface area is 263 Å². The second-order valence-electron chi connectivity index (χ2n) is 14.4. The van der Waals surface area contributed by atoms with E-state index >= 15 is 0 Å². The van der Waals surface area contributed by atoms with Crippen LogP contribution in [-0.2, 0) is 22.4 Å². The van der Waals surface area contributed by atoms with Gasteiger partial charge in [0.1, 0.15) is 5.75 Å². The summed E-state index contributed by atoms with van der Waals surface area (Å²) in [5, 5.41) is 11.2. The van der Waals surface area contributed by atoms with Crippen LogP contribution in [0.2, 0.25) is 0 Å². The largest absolute Gasteiger partial charge is 0.507 e. The van der Waals surface area contributed by atoms with E-state index in [1.54, 1.807) is 6.07 Å². The third-order valence-electron chi connectivity index (χ3n) is 12.0. The third-order valence-corrected chi connectivity index (χ3v) is 12.0. The van der Waals surface area contributed by atoms with Crippen molar-refractivity contribution in [2.75, 3.05) is 0 Å². The highest BCUT2D eigenvalue weighted by atomic mass is 16.3.